The first-order chi connectivity index (χ1) is 8.52. The van der Waals surface area contributed by atoms with Crippen LogP contribution in [-0.4, -0.2) is 5.11 Å². The monoisotopic (exact) mass is 348 g/mol. The molecular formula is C13H8BrCl2FO. The first-order valence-electron chi connectivity index (χ1n) is 5.08. The van der Waals surface area contributed by atoms with Crippen LogP contribution in [0.5, 0.6) is 0 Å². The molecule has 0 aliphatic heterocycles. The lowest BCUT2D eigenvalue weighted by Crippen LogP contribution is -2.02. The quantitative estimate of drug-likeness (QED) is 0.810. The summed E-state index contributed by atoms with van der Waals surface area (Å²) in [6, 6.07) is 9.41. The molecule has 0 amide bonds. The largest absolute Gasteiger partial charge is 0.384 e. The van der Waals surface area contributed by atoms with Gasteiger partial charge in [-0.15, -0.1) is 0 Å². The van der Waals surface area contributed by atoms with Gasteiger partial charge in [-0.1, -0.05) is 47.5 Å². The molecule has 2 rings (SSSR count). The maximum absolute atomic E-state index is 13.4. The van der Waals surface area contributed by atoms with Gasteiger partial charge in [0.05, 0.1) is 14.5 Å². The Morgan fingerprint density at radius 1 is 1.06 bits per heavy atom. The van der Waals surface area contributed by atoms with Crippen LogP contribution in [0.4, 0.5) is 4.39 Å². The molecule has 0 radical (unpaired) electrons. The van der Waals surface area contributed by atoms with Gasteiger partial charge in [0.25, 0.3) is 0 Å². The Morgan fingerprint density at radius 3 is 2.39 bits per heavy atom. The van der Waals surface area contributed by atoms with Crippen LogP contribution in [0.25, 0.3) is 0 Å². The first-order valence-corrected chi connectivity index (χ1v) is 6.63. The fourth-order valence-electron chi connectivity index (χ4n) is 1.63. The topological polar surface area (TPSA) is 20.2 Å². The van der Waals surface area contributed by atoms with Crippen molar-refractivity contribution in [2.24, 2.45) is 0 Å². The standard InChI is InChI=1S/C13H8BrCl2FO/c14-11-7(3-2-6-10(11)17)13(18)8-4-1-5-9(15)12(8)16/h1-6,13,18H. The van der Waals surface area contributed by atoms with Crippen molar-refractivity contribution in [3.63, 3.8) is 0 Å². The molecule has 1 N–H and O–H groups in total. The van der Waals surface area contributed by atoms with E-state index in [0.29, 0.717) is 16.1 Å². The van der Waals surface area contributed by atoms with E-state index in [-0.39, 0.29) is 9.50 Å². The summed E-state index contributed by atoms with van der Waals surface area (Å²) < 4.78 is 13.6. The highest BCUT2D eigenvalue weighted by atomic mass is 79.9. The number of aliphatic hydroxyl groups excluding tert-OH is 1. The van der Waals surface area contributed by atoms with E-state index in [2.05, 4.69) is 15.9 Å². The van der Waals surface area contributed by atoms with E-state index in [9.17, 15) is 9.50 Å². The molecule has 1 atom stereocenters. The van der Waals surface area contributed by atoms with E-state index in [0.717, 1.165) is 0 Å². The maximum atomic E-state index is 13.4. The number of rotatable bonds is 2. The van der Waals surface area contributed by atoms with Crippen molar-refractivity contribution in [3.05, 3.63) is 67.9 Å². The molecule has 0 fully saturated rings. The Labute approximate surface area is 122 Å². The van der Waals surface area contributed by atoms with Gasteiger partial charge in [-0.05, 0) is 28.1 Å². The smallest absolute Gasteiger partial charge is 0.137 e. The van der Waals surface area contributed by atoms with E-state index < -0.39 is 11.9 Å². The van der Waals surface area contributed by atoms with Crippen LogP contribution >= 0.6 is 39.1 Å². The van der Waals surface area contributed by atoms with Gasteiger partial charge >= 0.3 is 0 Å². The molecule has 0 bridgehead atoms. The van der Waals surface area contributed by atoms with Crippen molar-refractivity contribution >= 4 is 39.1 Å². The summed E-state index contributed by atoms with van der Waals surface area (Å²) in [6.07, 6.45) is -1.04. The zero-order valence-electron chi connectivity index (χ0n) is 9.00. The molecule has 2 aromatic carbocycles. The molecule has 0 spiro atoms. The minimum atomic E-state index is -1.04. The van der Waals surface area contributed by atoms with E-state index in [1.54, 1.807) is 24.3 Å². The zero-order chi connectivity index (χ0) is 13.3. The van der Waals surface area contributed by atoms with Crippen molar-refractivity contribution in [2.75, 3.05) is 0 Å². The highest BCUT2D eigenvalue weighted by Crippen LogP contribution is 2.36. The lowest BCUT2D eigenvalue weighted by Gasteiger charge is -2.15. The van der Waals surface area contributed by atoms with Crippen molar-refractivity contribution in [3.8, 4) is 0 Å². The number of benzene rings is 2. The van der Waals surface area contributed by atoms with Crippen LogP contribution in [0.1, 0.15) is 17.2 Å². The van der Waals surface area contributed by atoms with Crippen LogP contribution in [0.15, 0.2) is 40.9 Å². The minimum absolute atomic E-state index is 0.216. The highest BCUT2D eigenvalue weighted by molar-refractivity contribution is 9.10. The average molecular weight is 350 g/mol. The number of hydrogen-bond donors (Lipinski definition) is 1. The summed E-state index contributed by atoms with van der Waals surface area (Å²) in [5.74, 6) is -0.440. The molecule has 18 heavy (non-hydrogen) atoms. The molecule has 0 heterocycles. The molecule has 1 unspecified atom stereocenters. The molecule has 0 aliphatic carbocycles. The molecule has 0 aliphatic rings. The summed E-state index contributed by atoms with van der Waals surface area (Å²) in [5, 5.41) is 10.9. The summed E-state index contributed by atoms with van der Waals surface area (Å²) >= 11 is 15.0. The first kappa shape index (κ1) is 13.8. The predicted molar refractivity (Wildman–Crippen MR) is 74.6 cm³/mol. The van der Waals surface area contributed by atoms with Crippen molar-refractivity contribution < 1.29 is 9.50 Å². The number of hydrogen-bond acceptors (Lipinski definition) is 1. The van der Waals surface area contributed by atoms with Gasteiger partial charge < -0.3 is 5.11 Å². The highest BCUT2D eigenvalue weighted by Gasteiger charge is 2.19. The Hall–Kier alpha value is -0.610. The van der Waals surface area contributed by atoms with Gasteiger partial charge in [0.1, 0.15) is 11.9 Å². The van der Waals surface area contributed by atoms with E-state index in [1.807, 2.05) is 0 Å². The second kappa shape index (κ2) is 5.57. The van der Waals surface area contributed by atoms with Crippen molar-refractivity contribution in [1.29, 1.82) is 0 Å². The second-order valence-electron chi connectivity index (χ2n) is 3.69. The van der Waals surface area contributed by atoms with E-state index in [4.69, 9.17) is 23.2 Å². The normalized spacial score (nSPS) is 12.5. The van der Waals surface area contributed by atoms with Gasteiger partial charge in [0.2, 0.25) is 0 Å². The maximum Gasteiger partial charge on any atom is 0.137 e. The molecule has 2 aromatic rings. The van der Waals surface area contributed by atoms with Crippen molar-refractivity contribution in [2.45, 2.75) is 6.10 Å². The number of aliphatic hydroxyl groups is 1. The second-order valence-corrected chi connectivity index (χ2v) is 5.27. The molecule has 0 saturated carbocycles. The minimum Gasteiger partial charge on any atom is -0.384 e. The van der Waals surface area contributed by atoms with E-state index >= 15 is 0 Å². The third kappa shape index (κ3) is 2.54. The van der Waals surface area contributed by atoms with Crippen molar-refractivity contribution in [1.82, 2.24) is 0 Å². The van der Waals surface area contributed by atoms with Gasteiger partial charge in [-0.3, -0.25) is 0 Å². The van der Waals surface area contributed by atoms with Crippen LogP contribution in [0.2, 0.25) is 10.0 Å². The van der Waals surface area contributed by atoms with Crippen LogP contribution in [-0.2, 0) is 0 Å². The molecule has 0 aromatic heterocycles. The molecule has 94 valence electrons. The predicted octanol–water partition coefficient (Wildman–Crippen LogP) is 4.98. The van der Waals surface area contributed by atoms with E-state index in [1.165, 1.54) is 12.1 Å². The van der Waals surface area contributed by atoms with Gasteiger partial charge in [-0.25, -0.2) is 4.39 Å². The SMILES string of the molecule is OC(c1cccc(Cl)c1Cl)c1cccc(F)c1Br. The fourth-order valence-corrected chi connectivity index (χ4v) is 2.52. The summed E-state index contributed by atoms with van der Waals surface area (Å²) in [5.41, 5.74) is 0.842. The van der Waals surface area contributed by atoms with Gasteiger partial charge in [0, 0.05) is 11.1 Å². The zero-order valence-corrected chi connectivity index (χ0v) is 12.1. The van der Waals surface area contributed by atoms with Crippen LogP contribution < -0.4 is 0 Å². The fraction of sp³-hybridized carbons (Fsp3) is 0.0769. The summed E-state index contributed by atoms with van der Waals surface area (Å²) in [6.45, 7) is 0. The molecular weight excluding hydrogens is 342 g/mol. The van der Waals surface area contributed by atoms with Gasteiger partial charge in [0.15, 0.2) is 0 Å². The lowest BCUT2D eigenvalue weighted by molar-refractivity contribution is 0.219. The lowest BCUT2D eigenvalue weighted by atomic mass is 10.0. The summed E-state index contributed by atoms with van der Waals surface area (Å²) in [4.78, 5) is 0. The Kier molecular flexibility index (Phi) is 4.28. The third-order valence-electron chi connectivity index (χ3n) is 2.55. The van der Waals surface area contributed by atoms with Gasteiger partial charge in [-0.2, -0.15) is 0 Å². The molecule has 5 heteroatoms. The number of halogens is 4. The Balaban J connectivity index is 2.51. The molecule has 1 nitrogen and oxygen atoms in total. The van der Waals surface area contributed by atoms with Crippen LogP contribution in [0, 0.1) is 5.82 Å². The average Bonchev–Trinajstić information content (AvgIpc) is 2.35. The van der Waals surface area contributed by atoms with Crippen LogP contribution in [0.3, 0.4) is 0 Å². The third-order valence-corrected chi connectivity index (χ3v) is 4.22. The Morgan fingerprint density at radius 2 is 1.67 bits per heavy atom. The molecule has 0 saturated heterocycles. The Bertz CT molecular complexity index is 538. The summed E-state index contributed by atoms with van der Waals surface area (Å²) in [7, 11) is 0.